The molecule has 43 heavy (non-hydrogen) atoms. The summed E-state index contributed by atoms with van der Waals surface area (Å²) in [5.74, 6) is -0.805. The van der Waals surface area contributed by atoms with Crippen LogP contribution >= 0.6 is 12.2 Å². The van der Waals surface area contributed by atoms with E-state index >= 15 is 0 Å². The maximum Gasteiger partial charge on any atom is 0.416 e. The number of thiocarbonyl (C=S) groups is 1. The lowest BCUT2D eigenvalue weighted by molar-refractivity contribution is -0.130. The lowest BCUT2D eigenvalue weighted by Gasteiger charge is -2.28. The van der Waals surface area contributed by atoms with Crippen molar-refractivity contribution >= 4 is 60.3 Å². The van der Waals surface area contributed by atoms with Crippen LogP contribution in [-0.2, 0) is 29.6 Å². The maximum atomic E-state index is 14.3. The zero-order valence-corrected chi connectivity index (χ0v) is 25.4. The molecule has 0 spiro atoms. The molecule has 0 aliphatic carbocycles. The minimum absolute atomic E-state index is 0.0279. The van der Waals surface area contributed by atoms with E-state index in [1.807, 2.05) is 6.92 Å². The summed E-state index contributed by atoms with van der Waals surface area (Å²) in [6.07, 6.45) is -0.885. The summed E-state index contributed by atoms with van der Waals surface area (Å²) in [5, 5.41) is 2.95. The fraction of sp³-hybridized carbons (Fsp3) is 0.207. The summed E-state index contributed by atoms with van der Waals surface area (Å²) in [7, 11) is -8.78. The lowest BCUT2D eigenvalue weighted by atomic mass is 10.1. The smallest absolute Gasteiger partial charge is 0.416 e. The van der Waals surface area contributed by atoms with Gasteiger partial charge in [0.2, 0.25) is 0 Å². The van der Waals surface area contributed by atoms with Crippen LogP contribution in [0.1, 0.15) is 22.9 Å². The number of aromatic nitrogens is 1. The number of nitrogens with zero attached hydrogens (tertiary/aromatic N) is 3. The number of rotatable bonds is 6. The fourth-order valence-corrected chi connectivity index (χ4v) is 8.91. The van der Waals surface area contributed by atoms with E-state index in [9.17, 15) is 26.4 Å². The zero-order valence-electron chi connectivity index (χ0n) is 23.0. The topological polar surface area (TPSA) is 135 Å². The van der Waals surface area contributed by atoms with Crippen LogP contribution < -0.4 is 5.32 Å². The summed E-state index contributed by atoms with van der Waals surface area (Å²) >= 11 is 5.51. The first-order chi connectivity index (χ1) is 20.4. The van der Waals surface area contributed by atoms with E-state index in [1.54, 1.807) is 55.5 Å². The van der Waals surface area contributed by atoms with E-state index in [0.29, 0.717) is 5.39 Å². The van der Waals surface area contributed by atoms with Crippen LogP contribution in [0, 0.1) is 13.8 Å². The average Bonchev–Trinajstić information content (AvgIpc) is 3.68. The second-order valence-corrected chi connectivity index (χ2v) is 14.3. The van der Waals surface area contributed by atoms with Crippen LogP contribution in [0.15, 0.2) is 88.7 Å². The Balaban J connectivity index is 1.61. The molecule has 3 aromatic carbocycles. The third kappa shape index (κ3) is 4.75. The number of fused-ring (bicyclic) bond motifs is 1. The molecular formula is C29H26N4O7S3. The van der Waals surface area contributed by atoms with Crippen molar-refractivity contribution in [2.75, 3.05) is 13.2 Å². The van der Waals surface area contributed by atoms with Gasteiger partial charge in [0.1, 0.15) is 18.7 Å². The van der Waals surface area contributed by atoms with Gasteiger partial charge in [-0.1, -0.05) is 53.6 Å². The quantitative estimate of drug-likeness (QED) is 0.315. The van der Waals surface area contributed by atoms with Gasteiger partial charge >= 0.3 is 6.09 Å². The predicted octanol–water partition coefficient (Wildman–Crippen LogP) is 3.46. The molecule has 2 fully saturated rings. The van der Waals surface area contributed by atoms with Crippen LogP contribution in [-0.4, -0.2) is 66.3 Å². The van der Waals surface area contributed by atoms with Crippen molar-refractivity contribution < 1.29 is 31.2 Å². The number of carbonyl (C=O) groups is 2. The van der Waals surface area contributed by atoms with Crippen LogP contribution in [0.4, 0.5) is 4.79 Å². The second-order valence-electron chi connectivity index (χ2n) is 10.3. The Morgan fingerprint density at radius 1 is 0.884 bits per heavy atom. The molecule has 2 aliphatic heterocycles. The number of ether oxygens (including phenoxy) is 1. The van der Waals surface area contributed by atoms with Crippen LogP contribution in [0.3, 0.4) is 0 Å². The Morgan fingerprint density at radius 2 is 1.47 bits per heavy atom. The minimum atomic E-state index is -4.44. The SMILES string of the molecule is Cc1ccc(S(=O)(=O)N2C(=S)N[C@H](C(=O)N3CCOC3=O)[C@@H]2c2cc3ccccc3n2S(=O)(=O)c2ccc(C)cc2)cc1. The van der Waals surface area contributed by atoms with Crippen LogP contribution in [0.5, 0.6) is 0 Å². The highest BCUT2D eigenvalue weighted by molar-refractivity contribution is 7.91. The molecule has 3 heterocycles. The molecule has 222 valence electrons. The minimum Gasteiger partial charge on any atom is -0.447 e. The second kappa shape index (κ2) is 10.5. The van der Waals surface area contributed by atoms with Crippen molar-refractivity contribution in [2.45, 2.75) is 35.7 Å². The number of para-hydroxylation sites is 1. The number of imide groups is 1. The van der Waals surface area contributed by atoms with Crippen molar-refractivity contribution in [1.82, 2.24) is 18.5 Å². The Hall–Kier alpha value is -4.27. The Bertz CT molecular complexity index is 2000. The van der Waals surface area contributed by atoms with E-state index in [1.165, 1.54) is 30.3 Å². The first-order valence-corrected chi connectivity index (χ1v) is 16.5. The molecule has 0 unspecified atom stereocenters. The molecular weight excluding hydrogens is 613 g/mol. The first kappa shape index (κ1) is 28.8. The normalized spacial score (nSPS) is 19.1. The van der Waals surface area contributed by atoms with Crippen LogP contribution in [0.2, 0.25) is 0 Å². The molecule has 2 atom stereocenters. The molecule has 2 amide bonds. The first-order valence-electron chi connectivity index (χ1n) is 13.2. The molecule has 11 nitrogen and oxygen atoms in total. The van der Waals surface area contributed by atoms with E-state index in [-0.39, 0.29) is 39.3 Å². The van der Waals surface area contributed by atoms with Gasteiger partial charge in [0.25, 0.3) is 26.0 Å². The summed E-state index contributed by atoms with van der Waals surface area (Å²) in [6.45, 7) is 3.55. The Morgan fingerprint density at radius 3 is 2.05 bits per heavy atom. The number of carbonyl (C=O) groups excluding carboxylic acids is 2. The van der Waals surface area contributed by atoms with Gasteiger partial charge in [-0.05, 0) is 62.5 Å². The van der Waals surface area contributed by atoms with E-state index < -0.39 is 44.1 Å². The summed E-state index contributed by atoms with van der Waals surface area (Å²) in [6, 6.07) is 17.6. The third-order valence-corrected chi connectivity index (χ3v) is 11.5. The lowest BCUT2D eigenvalue weighted by Crippen LogP contribution is -2.47. The third-order valence-electron chi connectivity index (χ3n) is 7.47. The van der Waals surface area contributed by atoms with Gasteiger partial charge in [-0.25, -0.2) is 34.8 Å². The molecule has 2 aliphatic rings. The predicted molar refractivity (Wildman–Crippen MR) is 161 cm³/mol. The molecule has 0 radical (unpaired) electrons. The summed E-state index contributed by atoms with van der Waals surface area (Å²) in [4.78, 5) is 27.0. The van der Waals surface area contributed by atoms with Gasteiger partial charge < -0.3 is 10.1 Å². The molecule has 1 N–H and O–H groups in total. The van der Waals surface area contributed by atoms with Gasteiger partial charge in [-0.2, -0.15) is 0 Å². The summed E-state index contributed by atoms with van der Waals surface area (Å²) in [5.41, 5.74) is 1.91. The number of hydrogen-bond donors (Lipinski definition) is 1. The van der Waals surface area contributed by atoms with Crippen molar-refractivity contribution in [3.63, 3.8) is 0 Å². The van der Waals surface area contributed by atoms with Crippen molar-refractivity contribution in [1.29, 1.82) is 0 Å². The largest absolute Gasteiger partial charge is 0.447 e. The fourth-order valence-electron chi connectivity index (χ4n) is 5.31. The van der Waals surface area contributed by atoms with Gasteiger partial charge in [-0.3, -0.25) is 4.79 Å². The highest BCUT2D eigenvalue weighted by atomic mass is 32.2. The molecule has 0 saturated carbocycles. The van der Waals surface area contributed by atoms with Crippen LogP contribution in [0.25, 0.3) is 10.9 Å². The number of amides is 2. The van der Waals surface area contributed by atoms with Crippen molar-refractivity contribution in [3.05, 3.63) is 95.7 Å². The molecule has 2 saturated heterocycles. The number of sulfonamides is 1. The number of hydrogen-bond acceptors (Lipinski definition) is 8. The van der Waals surface area contributed by atoms with Gasteiger partial charge in [0.05, 0.1) is 27.5 Å². The molecule has 1 aromatic heterocycles. The van der Waals surface area contributed by atoms with Crippen molar-refractivity contribution in [2.24, 2.45) is 0 Å². The zero-order chi connectivity index (χ0) is 30.7. The highest BCUT2D eigenvalue weighted by Crippen LogP contribution is 2.40. The van der Waals surface area contributed by atoms with E-state index in [0.717, 1.165) is 24.3 Å². The maximum absolute atomic E-state index is 14.3. The average molecular weight is 639 g/mol. The standard InChI is InChI=1S/C29H26N4O7S3/c1-18-7-11-21(12-8-18)42(36,37)32-23-6-4-3-5-20(23)17-24(32)26-25(27(34)31-15-16-40-29(31)35)30-28(41)33(26)43(38,39)22-13-9-19(2)10-14-22/h3-14,17,25-26H,15-16H2,1-2H3,(H,30,41)/t25-,26-/m0/s1. The van der Waals surface area contributed by atoms with Gasteiger partial charge in [0, 0.05) is 5.39 Å². The number of benzene rings is 3. The molecule has 4 aromatic rings. The summed E-state index contributed by atoms with van der Waals surface area (Å²) < 4.78 is 63.9. The van der Waals surface area contributed by atoms with E-state index in [2.05, 4.69) is 5.32 Å². The Kier molecular flexibility index (Phi) is 7.02. The monoisotopic (exact) mass is 638 g/mol. The van der Waals surface area contributed by atoms with E-state index in [4.69, 9.17) is 17.0 Å². The number of cyclic esters (lactones) is 1. The Labute approximate surface area is 253 Å². The van der Waals surface area contributed by atoms with Crippen molar-refractivity contribution in [3.8, 4) is 0 Å². The highest BCUT2D eigenvalue weighted by Gasteiger charge is 2.52. The van der Waals surface area contributed by atoms with Gasteiger partial charge in [-0.15, -0.1) is 0 Å². The molecule has 0 bridgehead atoms. The van der Waals surface area contributed by atoms with Gasteiger partial charge in [0.15, 0.2) is 5.11 Å². The number of nitrogens with one attached hydrogen (secondary N) is 1. The number of aryl methyl sites for hydroxylation is 2. The molecule has 14 heteroatoms. The molecule has 6 rings (SSSR count).